The van der Waals surface area contributed by atoms with Crippen molar-refractivity contribution in [3.05, 3.63) is 52.3 Å². The molecule has 1 aliphatic rings. The standard InChI is InChI=1S/C22H25N3O12S/c1-12-5-7-16(8-6-12)38(31,32)33-11-17-18(34-13(2)26)19(35-14(3)27)20(36-15(4)28)21(37-17)24-10-9-23-22(24)25(29)30/h5-10,17-21H,11H2,1-4H3/t17-,18-,19+,20-,21-/m1/s1. The number of esters is 3. The highest BCUT2D eigenvalue weighted by Gasteiger charge is 2.55. The Morgan fingerprint density at radius 2 is 1.55 bits per heavy atom. The number of aryl methyl sites for hydroxylation is 1. The zero-order chi connectivity index (χ0) is 28.2. The maximum absolute atomic E-state index is 12.8. The van der Waals surface area contributed by atoms with Crippen molar-refractivity contribution in [3.63, 3.8) is 0 Å². The predicted octanol–water partition coefficient (Wildman–Crippen LogP) is 1.20. The van der Waals surface area contributed by atoms with E-state index in [4.69, 9.17) is 23.1 Å². The summed E-state index contributed by atoms with van der Waals surface area (Å²) in [7, 11) is -4.34. The Bertz CT molecular complexity index is 1310. The number of benzene rings is 1. The number of rotatable bonds is 9. The molecule has 1 aromatic carbocycles. The lowest BCUT2D eigenvalue weighted by Gasteiger charge is -2.43. The molecule has 2 aromatic rings. The van der Waals surface area contributed by atoms with Gasteiger partial charge in [-0.1, -0.05) is 22.7 Å². The van der Waals surface area contributed by atoms with Crippen molar-refractivity contribution in [1.82, 2.24) is 9.55 Å². The summed E-state index contributed by atoms with van der Waals surface area (Å²) in [6.45, 7) is 4.11. The molecule has 38 heavy (non-hydrogen) atoms. The molecule has 1 aromatic heterocycles. The monoisotopic (exact) mass is 555 g/mol. The minimum Gasteiger partial charge on any atom is -0.456 e. The first-order chi connectivity index (χ1) is 17.8. The van der Waals surface area contributed by atoms with Crippen molar-refractivity contribution in [2.45, 2.75) is 63.2 Å². The van der Waals surface area contributed by atoms with Crippen molar-refractivity contribution in [1.29, 1.82) is 0 Å². The Kier molecular flexibility index (Phi) is 8.80. The van der Waals surface area contributed by atoms with Crippen LogP contribution in [0, 0.1) is 17.0 Å². The summed E-state index contributed by atoms with van der Waals surface area (Å²) < 4.78 is 53.5. The van der Waals surface area contributed by atoms with E-state index < -0.39 is 76.1 Å². The van der Waals surface area contributed by atoms with E-state index >= 15 is 0 Å². The maximum Gasteiger partial charge on any atom is 0.436 e. The number of nitro groups is 1. The SMILES string of the molecule is CC(=O)O[C@@H]1[C@@H](OC(C)=O)[C@H](n2ccnc2[N+](=O)[O-])O[C@H](COS(=O)(=O)c2ccc(C)cc2)[C@H]1OC(C)=O. The minimum atomic E-state index is -4.34. The van der Waals surface area contributed by atoms with Gasteiger partial charge in [-0.25, -0.2) is 0 Å². The Morgan fingerprint density at radius 1 is 1.00 bits per heavy atom. The Balaban J connectivity index is 2.05. The van der Waals surface area contributed by atoms with E-state index in [9.17, 15) is 32.9 Å². The lowest BCUT2D eigenvalue weighted by Crippen LogP contribution is -2.60. The fraction of sp³-hybridized carbons (Fsp3) is 0.455. The molecular weight excluding hydrogens is 530 g/mol. The fourth-order valence-corrected chi connectivity index (χ4v) is 4.72. The second kappa shape index (κ2) is 11.7. The number of nitrogens with zero attached hydrogens (tertiary/aromatic N) is 3. The smallest absolute Gasteiger partial charge is 0.436 e. The van der Waals surface area contributed by atoms with Gasteiger partial charge in [-0.05, 0) is 24.0 Å². The fourth-order valence-electron chi connectivity index (χ4n) is 3.80. The number of hydrogen-bond acceptors (Lipinski definition) is 13. The van der Waals surface area contributed by atoms with Crippen molar-refractivity contribution in [2.75, 3.05) is 6.61 Å². The summed E-state index contributed by atoms with van der Waals surface area (Å²) >= 11 is 0. The average molecular weight is 556 g/mol. The van der Waals surface area contributed by atoms with Gasteiger partial charge in [0, 0.05) is 20.8 Å². The first kappa shape index (κ1) is 28.7. The van der Waals surface area contributed by atoms with Crippen LogP contribution in [-0.4, -0.2) is 71.8 Å². The molecule has 15 nitrogen and oxygen atoms in total. The van der Waals surface area contributed by atoms with Crippen LogP contribution in [0.25, 0.3) is 0 Å². The highest BCUT2D eigenvalue weighted by Crippen LogP contribution is 2.36. The van der Waals surface area contributed by atoms with E-state index in [-0.39, 0.29) is 4.90 Å². The minimum absolute atomic E-state index is 0.168. The van der Waals surface area contributed by atoms with Crippen LogP contribution in [0.5, 0.6) is 0 Å². The zero-order valence-corrected chi connectivity index (χ0v) is 21.5. The van der Waals surface area contributed by atoms with E-state index in [1.807, 2.05) is 0 Å². The van der Waals surface area contributed by atoms with Gasteiger partial charge in [-0.3, -0.25) is 18.6 Å². The zero-order valence-electron chi connectivity index (χ0n) is 20.7. The van der Waals surface area contributed by atoms with Gasteiger partial charge in [-0.15, -0.1) is 0 Å². The van der Waals surface area contributed by atoms with Crippen LogP contribution in [0.2, 0.25) is 0 Å². The Labute approximate surface area is 216 Å². The molecule has 0 radical (unpaired) electrons. The van der Waals surface area contributed by atoms with Crippen molar-refractivity contribution >= 4 is 34.0 Å². The first-order valence-corrected chi connectivity index (χ1v) is 12.5. The molecule has 0 spiro atoms. The van der Waals surface area contributed by atoms with Crippen LogP contribution in [-0.2, 0) is 47.6 Å². The number of carbonyl (C=O) groups excluding carboxylic acids is 3. The molecule has 16 heteroatoms. The molecule has 2 heterocycles. The van der Waals surface area contributed by atoms with E-state index in [0.29, 0.717) is 0 Å². The van der Waals surface area contributed by atoms with Crippen LogP contribution in [0.15, 0.2) is 41.6 Å². The quantitative estimate of drug-likeness (QED) is 0.141. The number of aromatic nitrogens is 2. The molecule has 5 atom stereocenters. The van der Waals surface area contributed by atoms with E-state index in [1.54, 1.807) is 19.1 Å². The summed E-state index contributed by atoms with van der Waals surface area (Å²) in [6, 6.07) is 5.77. The summed E-state index contributed by atoms with van der Waals surface area (Å²) in [4.78, 5) is 50.0. The van der Waals surface area contributed by atoms with Crippen molar-refractivity contribution in [2.24, 2.45) is 0 Å². The van der Waals surface area contributed by atoms with Gasteiger partial charge >= 0.3 is 23.9 Å². The number of ether oxygens (including phenoxy) is 4. The highest BCUT2D eigenvalue weighted by molar-refractivity contribution is 7.86. The van der Waals surface area contributed by atoms with E-state index in [1.165, 1.54) is 12.1 Å². The van der Waals surface area contributed by atoms with Gasteiger partial charge < -0.3 is 29.1 Å². The average Bonchev–Trinajstić information content (AvgIpc) is 3.30. The molecule has 0 unspecified atom stereocenters. The topological polar surface area (TPSA) is 192 Å². The summed E-state index contributed by atoms with van der Waals surface area (Å²) in [5, 5.41) is 11.5. The molecule has 1 aliphatic heterocycles. The van der Waals surface area contributed by atoms with Gasteiger partial charge in [0.2, 0.25) is 12.3 Å². The normalized spacial score (nSPS) is 23.3. The molecule has 206 valence electrons. The van der Waals surface area contributed by atoms with Crippen LogP contribution in [0.1, 0.15) is 32.6 Å². The maximum atomic E-state index is 12.8. The summed E-state index contributed by atoms with van der Waals surface area (Å²) in [6.07, 6.45) is -5.48. The summed E-state index contributed by atoms with van der Waals surface area (Å²) in [5.74, 6) is -3.33. The highest BCUT2D eigenvalue weighted by atomic mass is 32.2. The van der Waals surface area contributed by atoms with E-state index in [0.717, 1.165) is 43.3 Å². The van der Waals surface area contributed by atoms with E-state index in [2.05, 4.69) is 4.98 Å². The summed E-state index contributed by atoms with van der Waals surface area (Å²) in [5.41, 5.74) is 0.806. The molecule has 1 fully saturated rings. The van der Waals surface area contributed by atoms with Gasteiger partial charge in [0.1, 0.15) is 18.5 Å². The molecule has 0 aliphatic carbocycles. The van der Waals surface area contributed by atoms with Gasteiger partial charge in [0.15, 0.2) is 12.2 Å². The van der Waals surface area contributed by atoms with Gasteiger partial charge in [0.05, 0.1) is 11.5 Å². The van der Waals surface area contributed by atoms with Crippen molar-refractivity contribution < 1.29 is 50.9 Å². The molecular formula is C22H25N3O12S. The predicted molar refractivity (Wildman–Crippen MR) is 124 cm³/mol. The van der Waals surface area contributed by atoms with Crippen LogP contribution < -0.4 is 0 Å². The van der Waals surface area contributed by atoms with Crippen molar-refractivity contribution in [3.8, 4) is 0 Å². The molecule has 0 saturated carbocycles. The molecule has 3 rings (SSSR count). The number of imidazole rings is 1. The Hall–Kier alpha value is -3.89. The number of carbonyl (C=O) groups is 3. The second-order valence-electron chi connectivity index (χ2n) is 8.23. The third-order valence-corrected chi connectivity index (χ3v) is 6.59. The molecule has 0 N–H and O–H groups in total. The van der Waals surface area contributed by atoms with Crippen LogP contribution in [0.3, 0.4) is 0 Å². The molecule has 0 amide bonds. The van der Waals surface area contributed by atoms with Crippen LogP contribution in [0.4, 0.5) is 5.95 Å². The first-order valence-electron chi connectivity index (χ1n) is 11.1. The third-order valence-electron chi connectivity index (χ3n) is 5.30. The Morgan fingerprint density at radius 3 is 2.11 bits per heavy atom. The number of hydrogen-bond donors (Lipinski definition) is 0. The molecule has 1 saturated heterocycles. The van der Waals surface area contributed by atoms with Gasteiger partial charge in [-0.2, -0.15) is 13.0 Å². The van der Waals surface area contributed by atoms with Crippen LogP contribution >= 0.6 is 0 Å². The van der Waals surface area contributed by atoms with Gasteiger partial charge in [0.25, 0.3) is 10.1 Å². The lowest BCUT2D eigenvalue weighted by molar-refractivity contribution is -0.400. The lowest BCUT2D eigenvalue weighted by atomic mass is 9.97. The largest absolute Gasteiger partial charge is 0.456 e. The second-order valence-corrected chi connectivity index (χ2v) is 9.85. The molecule has 0 bridgehead atoms. The third kappa shape index (κ3) is 6.70.